The first-order valence-corrected chi connectivity index (χ1v) is 8.16. The molecule has 0 radical (unpaired) electrons. The summed E-state index contributed by atoms with van der Waals surface area (Å²) in [6, 6.07) is 0. The maximum Gasteiger partial charge on any atom is 0.217 e. The van der Waals surface area contributed by atoms with Crippen molar-refractivity contribution in [1.82, 2.24) is 4.72 Å². The fraction of sp³-hybridized carbons (Fsp3) is 1.00. The Balaban J connectivity index is 2.18. The third kappa shape index (κ3) is 5.22. The van der Waals surface area contributed by atoms with Crippen LogP contribution in [-0.4, -0.2) is 46.1 Å². The number of sulfonamides is 1. The summed E-state index contributed by atoms with van der Waals surface area (Å²) in [5, 5.41) is -0.408. The highest BCUT2D eigenvalue weighted by atomic mass is 32.2. The highest BCUT2D eigenvalue weighted by Gasteiger charge is 2.35. The van der Waals surface area contributed by atoms with Gasteiger partial charge in [0.15, 0.2) is 0 Å². The SMILES string of the molecule is CC(C)COCCCNS(=O)(=O)[C@@H]1CCO[C@H]1C. The molecular weight excluding hydrogens is 254 g/mol. The maximum atomic E-state index is 12.0. The molecule has 1 N–H and O–H groups in total. The van der Waals surface area contributed by atoms with Crippen LogP contribution in [0.15, 0.2) is 0 Å². The molecular formula is C12H25NO4S. The van der Waals surface area contributed by atoms with Crippen molar-refractivity contribution in [1.29, 1.82) is 0 Å². The Labute approximate surface area is 110 Å². The lowest BCUT2D eigenvalue weighted by atomic mass is 10.2. The van der Waals surface area contributed by atoms with E-state index in [1.807, 2.05) is 6.92 Å². The van der Waals surface area contributed by atoms with Gasteiger partial charge in [-0.15, -0.1) is 0 Å². The minimum absolute atomic E-state index is 0.209. The molecule has 108 valence electrons. The van der Waals surface area contributed by atoms with Crippen molar-refractivity contribution in [3.05, 3.63) is 0 Å². The van der Waals surface area contributed by atoms with Crippen LogP contribution >= 0.6 is 0 Å². The molecule has 1 rings (SSSR count). The summed E-state index contributed by atoms with van der Waals surface area (Å²) < 4.78 is 37.2. The molecule has 2 atom stereocenters. The fourth-order valence-electron chi connectivity index (χ4n) is 1.93. The van der Waals surface area contributed by atoms with Gasteiger partial charge in [0.2, 0.25) is 10.0 Å². The van der Waals surface area contributed by atoms with Gasteiger partial charge in [-0.2, -0.15) is 0 Å². The van der Waals surface area contributed by atoms with Crippen LogP contribution in [0.5, 0.6) is 0 Å². The van der Waals surface area contributed by atoms with E-state index < -0.39 is 15.3 Å². The second-order valence-electron chi connectivity index (χ2n) is 5.16. The van der Waals surface area contributed by atoms with E-state index in [-0.39, 0.29) is 6.10 Å². The highest BCUT2D eigenvalue weighted by Crippen LogP contribution is 2.19. The number of ether oxygens (including phenoxy) is 2. The lowest BCUT2D eigenvalue weighted by Crippen LogP contribution is -2.38. The lowest BCUT2D eigenvalue weighted by molar-refractivity contribution is 0.108. The summed E-state index contributed by atoms with van der Waals surface area (Å²) in [4.78, 5) is 0. The molecule has 0 bridgehead atoms. The zero-order valence-corrected chi connectivity index (χ0v) is 12.3. The molecule has 0 aliphatic carbocycles. The molecule has 0 unspecified atom stereocenters. The summed E-state index contributed by atoms with van der Waals surface area (Å²) in [5.41, 5.74) is 0. The van der Waals surface area contributed by atoms with Crippen molar-refractivity contribution in [2.75, 3.05) is 26.4 Å². The Morgan fingerprint density at radius 3 is 2.72 bits per heavy atom. The summed E-state index contributed by atoms with van der Waals surface area (Å²) in [6.07, 6.45) is 1.08. The zero-order chi connectivity index (χ0) is 13.6. The Bertz CT molecular complexity index is 329. The Morgan fingerprint density at radius 2 is 2.17 bits per heavy atom. The average Bonchev–Trinajstić information content (AvgIpc) is 2.70. The van der Waals surface area contributed by atoms with Gasteiger partial charge in [-0.05, 0) is 25.7 Å². The number of rotatable bonds is 8. The molecule has 1 heterocycles. The molecule has 1 aliphatic heterocycles. The molecule has 0 aromatic rings. The second-order valence-corrected chi connectivity index (χ2v) is 7.15. The summed E-state index contributed by atoms with van der Waals surface area (Å²) in [5.74, 6) is 0.512. The number of hydrogen-bond donors (Lipinski definition) is 1. The maximum absolute atomic E-state index is 12.0. The molecule has 1 aliphatic rings. The summed E-state index contributed by atoms with van der Waals surface area (Å²) in [7, 11) is -3.24. The normalized spacial score (nSPS) is 24.9. The Hall–Kier alpha value is -0.170. The molecule has 0 spiro atoms. The predicted octanol–water partition coefficient (Wildman–Crippen LogP) is 1.15. The van der Waals surface area contributed by atoms with Crippen LogP contribution in [0.3, 0.4) is 0 Å². The van der Waals surface area contributed by atoms with E-state index in [0.29, 0.717) is 38.5 Å². The topological polar surface area (TPSA) is 64.6 Å². The van der Waals surface area contributed by atoms with E-state index in [9.17, 15) is 8.42 Å². The van der Waals surface area contributed by atoms with Crippen molar-refractivity contribution < 1.29 is 17.9 Å². The third-order valence-electron chi connectivity index (χ3n) is 2.93. The highest BCUT2D eigenvalue weighted by molar-refractivity contribution is 7.90. The van der Waals surface area contributed by atoms with E-state index in [1.54, 1.807) is 0 Å². The first kappa shape index (κ1) is 15.9. The van der Waals surface area contributed by atoms with Gasteiger partial charge >= 0.3 is 0 Å². The van der Waals surface area contributed by atoms with Gasteiger partial charge in [0.05, 0.1) is 6.10 Å². The quantitative estimate of drug-likeness (QED) is 0.677. The van der Waals surface area contributed by atoms with Crippen molar-refractivity contribution >= 4 is 10.0 Å². The second kappa shape index (κ2) is 7.43. The van der Waals surface area contributed by atoms with Gasteiger partial charge in [0, 0.05) is 26.4 Å². The van der Waals surface area contributed by atoms with Crippen LogP contribution in [0.4, 0.5) is 0 Å². The summed E-state index contributed by atoms with van der Waals surface area (Å²) in [6.45, 7) is 8.27. The van der Waals surface area contributed by atoms with Gasteiger partial charge < -0.3 is 9.47 Å². The zero-order valence-electron chi connectivity index (χ0n) is 11.5. The Morgan fingerprint density at radius 1 is 1.44 bits per heavy atom. The monoisotopic (exact) mass is 279 g/mol. The van der Waals surface area contributed by atoms with Crippen LogP contribution in [0.2, 0.25) is 0 Å². The van der Waals surface area contributed by atoms with Crippen LogP contribution in [0.1, 0.15) is 33.6 Å². The Kier molecular flexibility index (Phi) is 6.55. The molecule has 1 saturated heterocycles. The molecule has 0 amide bonds. The number of hydrogen-bond acceptors (Lipinski definition) is 4. The van der Waals surface area contributed by atoms with Gasteiger partial charge in [-0.3, -0.25) is 0 Å². The first-order valence-electron chi connectivity index (χ1n) is 6.61. The smallest absolute Gasteiger partial charge is 0.217 e. The average molecular weight is 279 g/mol. The van der Waals surface area contributed by atoms with E-state index in [0.717, 1.165) is 6.61 Å². The van der Waals surface area contributed by atoms with Crippen molar-refractivity contribution in [2.24, 2.45) is 5.92 Å². The van der Waals surface area contributed by atoms with Crippen molar-refractivity contribution in [3.63, 3.8) is 0 Å². The van der Waals surface area contributed by atoms with Crippen molar-refractivity contribution in [3.8, 4) is 0 Å². The van der Waals surface area contributed by atoms with E-state index in [2.05, 4.69) is 18.6 Å². The van der Waals surface area contributed by atoms with Gasteiger partial charge in [-0.1, -0.05) is 13.8 Å². The van der Waals surface area contributed by atoms with Crippen LogP contribution in [0, 0.1) is 5.92 Å². The molecule has 0 aromatic heterocycles. The molecule has 18 heavy (non-hydrogen) atoms. The van der Waals surface area contributed by atoms with Gasteiger partial charge in [-0.25, -0.2) is 13.1 Å². The minimum Gasteiger partial charge on any atom is -0.381 e. The van der Waals surface area contributed by atoms with E-state index >= 15 is 0 Å². The molecule has 0 aromatic carbocycles. The first-order chi connectivity index (χ1) is 8.43. The molecule has 5 nitrogen and oxygen atoms in total. The fourth-order valence-corrected chi connectivity index (χ4v) is 3.57. The van der Waals surface area contributed by atoms with Gasteiger partial charge in [0.1, 0.15) is 5.25 Å². The number of nitrogens with one attached hydrogen (secondary N) is 1. The standard InChI is InChI=1S/C12H25NO4S/c1-10(2)9-16-7-4-6-13-18(14,15)12-5-8-17-11(12)3/h10-13H,4-9H2,1-3H3/t11-,12+/m0/s1. The van der Waals surface area contributed by atoms with E-state index in [1.165, 1.54) is 0 Å². The molecule has 6 heteroatoms. The lowest BCUT2D eigenvalue weighted by Gasteiger charge is -2.15. The van der Waals surface area contributed by atoms with Crippen molar-refractivity contribution in [2.45, 2.75) is 45.0 Å². The van der Waals surface area contributed by atoms with Gasteiger partial charge in [0.25, 0.3) is 0 Å². The van der Waals surface area contributed by atoms with E-state index in [4.69, 9.17) is 9.47 Å². The summed E-state index contributed by atoms with van der Waals surface area (Å²) >= 11 is 0. The van der Waals surface area contributed by atoms with Crippen LogP contribution in [0.25, 0.3) is 0 Å². The predicted molar refractivity (Wildman–Crippen MR) is 71.0 cm³/mol. The van der Waals surface area contributed by atoms with Crippen LogP contribution < -0.4 is 4.72 Å². The molecule has 0 saturated carbocycles. The third-order valence-corrected chi connectivity index (χ3v) is 4.95. The van der Waals surface area contributed by atoms with Crippen LogP contribution in [-0.2, 0) is 19.5 Å². The largest absolute Gasteiger partial charge is 0.381 e. The molecule has 1 fully saturated rings. The minimum atomic E-state index is -3.24.